The number of aliphatic hydroxyl groups is 2. The van der Waals surface area contributed by atoms with Crippen molar-refractivity contribution in [2.75, 3.05) is 33.4 Å². The summed E-state index contributed by atoms with van der Waals surface area (Å²) >= 11 is 6.79. The van der Waals surface area contributed by atoms with Gasteiger partial charge in [0.25, 0.3) is 5.91 Å². The zero-order valence-corrected chi connectivity index (χ0v) is 34.1. The van der Waals surface area contributed by atoms with Gasteiger partial charge < -0.3 is 40.2 Å². The molecule has 0 radical (unpaired) electrons. The fourth-order valence-electron chi connectivity index (χ4n) is 6.74. The van der Waals surface area contributed by atoms with Crippen LogP contribution >= 0.6 is 11.6 Å². The third kappa shape index (κ3) is 12.0. The summed E-state index contributed by atoms with van der Waals surface area (Å²) in [4.78, 5) is 28.1. The van der Waals surface area contributed by atoms with Crippen molar-refractivity contribution >= 4 is 23.5 Å². The molecule has 0 saturated carbocycles. The van der Waals surface area contributed by atoms with Crippen molar-refractivity contribution in [1.82, 2.24) is 15.6 Å². The lowest BCUT2D eigenvalue weighted by molar-refractivity contribution is -0.139. The molecular weight excluding hydrogens is 772 g/mol. The van der Waals surface area contributed by atoms with E-state index in [9.17, 15) is 20.0 Å². The van der Waals surface area contributed by atoms with Crippen LogP contribution in [0, 0.1) is 25.2 Å². The minimum absolute atomic E-state index is 0.0334. The third-order valence-electron chi connectivity index (χ3n) is 9.87. The van der Waals surface area contributed by atoms with E-state index >= 15 is 0 Å². The first-order valence-corrected chi connectivity index (χ1v) is 19.7. The number of hydrogen-bond acceptors (Lipinski definition) is 10. The van der Waals surface area contributed by atoms with E-state index in [2.05, 4.69) is 40.7 Å². The van der Waals surface area contributed by atoms with Crippen LogP contribution in [0.1, 0.15) is 63.0 Å². The molecule has 0 unspecified atom stereocenters. The van der Waals surface area contributed by atoms with Crippen molar-refractivity contribution in [3.05, 3.63) is 129 Å². The minimum Gasteiger partial charge on any atom is -0.491 e. The van der Waals surface area contributed by atoms with Crippen LogP contribution in [0.4, 0.5) is 0 Å². The van der Waals surface area contributed by atoms with Gasteiger partial charge in [-0.15, -0.1) is 0 Å². The SMILES string of the molecule is CNC(=O)c1cc(-c2cccc(-c3cccc(COc4cc(OCc5cncc(C#N)c5)c(CCC[C@@H](O)CC(=O)O)cc4Cl)c3C)c2C)ccc1OCCNCCO. The fourth-order valence-corrected chi connectivity index (χ4v) is 6.98. The maximum absolute atomic E-state index is 12.9. The van der Waals surface area contributed by atoms with E-state index in [1.54, 1.807) is 31.4 Å². The monoisotopic (exact) mass is 820 g/mol. The molecule has 12 nitrogen and oxygen atoms in total. The molecule has 1 amide bonds. The van der Waals surface area contributed by atoms with Gasteiger partial charge >= 0.3 is 5.97 Å². The molecule has 0 aliphatic heterocycles. The van der Waals surface area contributed by atoms with Gasteiger partial charge in [0, 0.05) is 44.2 Å². The Labute approximate surface area is 349 Å². The summed E-state index contributed by atoms with van der Waals surface area (Å²) in [5.74, 6) is 0.0666. The van der Waals surface area contributed by atoms with Gasteiger partial charge in [0.2, 0.25) is 0 Å². The number of carbonyl (C=O) groups excluding carboxylic acids is 1. The van der Waals surface area contributed by atoms with Crippen LogP contribution in [0.3, 0.4) is 0 Å². The van der Waals surface area contributed by atoms with Crippen LogP contribution in [0.2, 0.25) is 5.02 Å². The van der Waals surface area contributed by atoms with Gasteiger partial charge in [-0.2, -0.15) is 5.26 Å². The number of aliphatic carboxylic acids is 1. The second kappa shape index (κ2) is 21.7. The van der Waals surface area contributed by atoms with Gasteiger partial charge in [0.15, 0.2) is 0 Å². The Morgan fingerprint density at radius 3 is 2.36 bits per heavy atom. The number of nitrogens with one attached hydrogen (secondary N) is 2. The van der Waals surface area contributed by atoms with E-state index < -0.39 is 12.1 Å². The number of carboxylic acids is 1. The fraction of sp³-hybridized carbons (Fsp3) is 0.304. The molecule has 0 aliphatic rings. The molecule has 1 heterocycles. The number of hydrogen-bond donors (Lipinski definition) is 5. The van der Waals surface area contributed by atoms with Crippen LogP contribution in [-0.2, 0) is 24.4 Å². The molecule has 13 heteroatoms. The van der Waals surface area contributed by atoms with Gasteiger partial charge in [-0.25, -0.2) is 0 Å². The smallest absolute Gasteiger partial charge is 0.305 e. The molecule has 5 N–H and O–H groups in total. The van der Waals surface area contributed by atoms with Crippen molar-refractivity contribution in [2.45, 2.75) is 58.8 Å². The van der Waals surface area contributed by atoms with Crippen LogP contribution in [-0.4, -0.2) is 71.6 Å². The predicted octanol–water partition coefficient (Wildman–Crippen LogP) is 7.19. The van der Waals surface area contributed by atoms with Gasteiger partial charge in [-0.05, 0) is 102 Å². The quantitative estimate of drug-likeness (QED) is 0.0472. The Morgan fingerprint density at radius 1 is 0.864 bits per heavy atom. The molecule has 4 aromatic carbocycles. The highest BCUT2D eigenvalue weighted by Gasteiger charge is 2.18. The average Bonchev–Trinajstić information content (AvgIpc) is 3.23. The molecule has 1 aromatic heterocycles. The predicted molar refractivity (Wildman–Crippen MR) is 226 cm³/mol. The second-order valence-corrected chi connectivity index (χ2v) is 14.4. The Hall–Kier alpha value is -5.97. The van der Waals surface area contributed by atoms with E-state index in [1.807, 2.05) is 49.4 Å². The van der Waals surface area contributed by atoms with E-state index in [0.29, 0.717) is 71.5 Å². The maximum Gasteiger partial charge on any atom is 0.305 e. The van der Waals surface area contributed by atoms with Crippen molar-refractivity contribution in [2.24, 2.45) is 0 Å². The average molecular weight is 821 g/mol. The highest BCUT2D eigenvalue weighted by atomic mass is 35.5. The number of rotatable bonds is 21. The molecule has 5 rings (SSSR count). The zero-order valence-electron chi connectivity index (χ0n) is 33.4. The van der Waals surface area contributed by atoms with Crippen molar-refractivity contribution in [3.63, 3.8) is 0 Å². The van der Waals surface area contributed by atoms with Crippen LogP contribution < -0.4 is 24.8 Å². The summed E-state index contributed by atoms with van der Waals surface area (Å²) < 4.78 is 18.5. The zero-order chi connectivity index (χ0) is 42.3. The molecule has 0 spiro atoms. The van der Waals surface area contributed by atoms with Crippen molar-refractivity contribution < 1.29 is 39.1 Å². The number of benzene rings is 4. The number of carbonyl (C=O) groups is 2. The summed E-state index contributed by atoms with van der Waals surface area (Å²) in [6, 6.07) is 25.0. The second-order valence-electron chi connectivity index (χ2n) is 14.0. The summed E-state index contributed by atoms with van der Waals surface area (Å²) in [5, 5.41) is 43.6. The normalized spacial score (nSPS) is 11.4. The Bertz CT molecular complexity index is 2290. The maximum atomic E-state index is 12.9. The first-order chi connectivity index (χ1) is 28.5. The molecule has 1 atom stereocenters. The number of aromatic nitrogens is 1. The van der Waals surface area contributed by atoms with Crippen LogP contribution in [0.5, 0.6) is 17.2 Å². The highest BCUT2D eigenvalue weighted by molar-refractivity contribution is 6.32. The number of nitrogens with zero attached hydrogens (tertiary/aromatic N) is 2. The van der Waals surface area contributed by atoms with E-state index in [4.69, 9.17) is 36.0 Å². The molecule has 0 aliphatic carbocycles. The number of aliphatic hydroxyl groups excluding tert-OH is 2. The molecule has 0 saturated heterocycles. The van der Waals surface area contributed by atoms with Gasteiger partial charge in [-0.1, -0.05) is 54.1 Å². The molecule has 0 fully saturated rings. The van der Waals surface area contributed by atoms with Crippen LogP contribution in [0.25, 0.3) is 22.3 Å². The number of carboxylic acid groups (broad SMARTS) is 1. The largest absolute Gasteiger partial charge is 0.491 e. The lowest BCUT2D eigenvalue weighted by Crippen LogP contribution is -2.25. The van der Waals surface area contributed by atoms with Gasteiger partial charge in [0.05, 0.1) is 35.3 Å². The van der Waals surface area contributed by atoms with Gasteiger partial charge in [-0.3, -0.25) is 14.6 Å². The molecule has 5 aromatic rings. The number of aryl methyl sites for hydroxylation is 1. The lowest BCUT2D eigenvalue weighted by atomic mass is 9.89. The number of amides is 1. The van der Waals surface area contributed by atoms with E-state index in [-0.39, 0.29) is 38.6 Å². The molecule has 0 bridgehead atoms. The summed E-state index contributed by atoms with van der Waals surface area (Å²) in [7, 11) is 1.59. The van der Waals surface area contributed by atoms with Gasteiger partial charge in [0.1, 0.15) is 43.1 Å². The topological polar surface area (TPSA) is 183 Å². The standard InChI is InChI=1S/C46H49ClN4O8/c1-29-35(28-59-44-23-43(58-27-32-19-31(24-48)25-51-26-32)34(21-41(44)47)7-4-9-36(53)22-45(54)55)8-5-11-38(29)39-12-6-10-37(30(39)2)33-13-14-42(40(20-33)46(56)49-3)57-18-16-50-15-17-52/h5-6,8,10-14,19-21,23,25-26,36,50,52-53H,4,7,9,15-18,22,27-28H2,1-3H3,(H,49,56)(H,54,55)/t36-/m1/s1. The van der Waals surface area contributed by atoms with Crippen molar-refractivity contribution in [1.29, 1.82) is 5.26 Å². The Morgan fingerprint density at radius 2 is 1.61 bits per heavy atom. The number of pyridine rings is 1. The molecule has 59 heavy (non-hydrogen) atoms. The van der Waals surface area contributed by atoms with E-state index in [1.165, 1.54) is 6.20 Å². The third-order valence-corrected chi connectivity index (χ3v) is 10.2. The summed E-state index contributed by atoms with van der Waals surface area (Å²) in [6.07, 6.45) is 3.06. The summed E-state index contributed by atoms with van der Waals surface area (Å²) in [6.45, 7) is 5.81. The Balaban J connectivity index is 1.38. The lowest BCUT2D eigenvalue weighted by Gasteiger charge is -2.19. The highest BCUT2D eigenvalue weighted by Crippen LogP contribution is 2.38. The Kier molecular flexibility index (Phi) is 16.2. The first kappa shape index (κ1) is 44.1. The minimum atomic E-state index is -1.06. The van der Waals surface area contributed by atoms with Crippen molar-refractivity contribution in [3.8, 4) is 45.6 Å². The number of halogens is 1. The van der Waals surface area contributed by atoms with Crippen LogP contribution in [0.15, 0.2) is 85.2 Å². The molecule has 308 valence electrons. The number of nitriles is 1. The molecular formula is C46H49ClN4O8. The summed E-state index contributed by atoms with van der Waals surface area (Å²) in [5.41, 5.74) is 9.18. The van der Waals surface area contributed by atoms with E-state index in [0.717, 1.165) is 44.5 Å². The number of ether oxygens (including phenoxy) is 3. The first-order valence-electron chi connectivity index (χ1n) is 19.3.